The third-order valence-electron chi connectivity index (χ3n) is 2.27. The van der Waals surface area contributed by atoms with Crippen LogP contribution >= 0.6 is 0 Å². The highest BCUT2D eigenvalue weighted by atomic mass is 19.1. The number of aliphatic hydroxyl groups is 1. The van der Waals surface area contributed by atoms with Crippen molar-refractivity contribution in [1.82, 2.24) is 5.32 Å². The molecule has 0 radical (unpaired) electrons. The lowest BCUT2D eigenvalue weighted by atomic mass is 10.1. The summed E-state index contributed by atoms with van der Waals surface area (Å²) in [4.78, 5) is 9.73. The lowest BCUT2D eigenvalue weighted by molar-refractivity contribution is -0.387. The van der Waals surface area contributed by atoms with Crippen molar-refractivity contribution >= 4 is 5.69 Å². The fourth-order valence-electron chi connectivity index (χ4n) is 1.34. The molecule has 1 atom stereocenters. The molecule has 0 spiro atoms. The second-order valence-corrected chi connectivity index (χ2v) is 4.05. The monoisotopic (exact) mass is 242 g/mol. The van der Waals surface area contributed by atoms with E-state index < -0.39 is 22.5 Å². The van der Waals surface area contributed by atoms with Crippen molar-refractivity contribution in [3.63, 3.8) is 0 Å². The molecule has 0 fully saturated rings. The van der Waals surface area contributed by atoms with Crippen LogP contribution in [0.3, 0.4) is 0 Å². The normalized spacial score (nSPS) is 12.8. The minimum Gasteiger partial charge on any atom is -0.387 e. The lowest BCUT2D eigenvalue weighted by Gasteiger charge is -2.14. The first-order chi connectivity index (χ1) is 7.91. The molecule has 0 aliphatic carbocycles. The molecular weight excluding hydrogens is 227 g/mol. The Hall–Kier alpha value is -1.53. The Morgan fingerprint density at radius 3 is 2.71 bits per heavy atom. The van der Waals surface area contributed by atoms with Gasteiger partial charge in [0.1, 0.15) is 0 Å². The number of halogens is 1. The van der Waals surface area contributed by atoms with Gasteiger partial charge in [0.25, 0.3) is 0 Å². The highest BCUT2D eigenvalue weighted by Gasteiger charge is 2.17. The largest absolute Gasteiger partial charge is 0.387 e. The number of hydrogen-bond acceptors (Lipinski definition) is 4. The van der Waals surface area contributed by atoms with Crippen molar-refractivity contribution < 1.29 is 14.4 Å². The second-order valence-electron chi connectivity index (χ2n) is 4.05. The van der Waals surface area contributed by atoms with Crippen LogP contribution in [0.25, 0.3) is 0 Å². The van der Waals surface area contributed by atoms with Gasteiger partial charge in [-0.1, -0.05) is 19.9 Å². The molecule has 0 saturated heterocycles. The summed E-state index contributed by atoms with van der Waals surface area (Å²) < 4.78 is 13.1. The van der Waals surface area contributed by atoms with Crippen LogP contribution < -0.4 is 5.32 Å². The first-order valence-electron chi connectivity index (χ1n) is 5.27. The van der Waals surface area contributed by atoms with E-state index in [9.17, 15) is 19.6 Å². The number of aliphatic hydroxyl groups excluding tert-OH is 1. The molecule has 0 bridgehead atoms. The summed E-state index contributed by atoms with van der Waals surface area (Å²) in [6, 6.07) is 3.59. The summed E-state index contributed by atoms with van der Waals surface area (Å²) in [7, 11) is 0. The van der Waals surface area contributed by atoms with Gasteiger partial charge in [0.15, 0.2) is 0 Å². The zero-order chi connectivity index (χ0) is 13.0. The molecule has 2 N–H and O–H groups in total. The molecule has 94 valence electrons. The summed E-state index contributed by atoms with van der Waals surface area (Å²) in [6.07, 6.45) is -0.892. The Balaban J connectivity index is 2.84. The Kier molecular flexibility index (Phi) is 4.53. The van der Waals surface area contributed by atoms with Gasteiger partial charge in [-0.05, 0) is 11.6 Å². The number of nitro groups is 1. The quantitative estimate of drug-likeness (QED) is 0.609. The third-order valence-corrected chi connectivity index (χ3v) is 2.27. The van der Waals surface area contributed by atoms with E-state index in [-0.39, 0.29) is 12.6 Å². The van der Waals surface area contributed by atoms with Gasteiger partial charge in [0, 0.05) is 18.7 Å². The van der Waals surface area contributed by atoms with Crippen LogP contribution in [-0.2, 0) is 0 Å². The Bertz CT molecular complexity index is 410. The molecule has 6 heteroatoms. The van der Waals surface area contributed by atoms with Crippen molar-refractivity contribution in [1.29, 1.82) is 0 Å². The summed E-state index contributed by atoms with van der Waals surface area (Å²) in [5, 5.41) is 23.3. The van der Waals surface area contributed by atoms with Crippen LogP contribution in [0.15, 0.2) is 18.2 Å². The van der Waals surface area contributed by atoms with Crippen molar-refractivity contribution in [3.05, 3.63) is 39.7 Å². The smallest absolute Gasteiger partial charge is 0.305 e. The van der Waals surface area contributed by atoms with Crippen LogP contribution in [0.1, 0.15) is 25.5 Å². The van der Waals surface area contributed by atoms with Crippen LogP contribution in [0.4, 0.5) is 10.1 Å². The zero-order valence-corrected chi connectivity index (χ0v) is 9.68. The number of rotatable bonds is 5. The lowest BCUT2D eigenvalue weighted by Crippen LogP contribution is -2.27. The minimum atomic E-state index is -0.900. The van der Waals surface area contributed by atoms with E-state index in [0.29, 0.717) is 5.56 Å². The Morgan fingerprint density at radius 2 is 2.18 bits per heavy atom. The second kappa shape index (κ2) is 5.70. The molecular formula is C11H15FN2O3. The number of benzene rings is 1. The highest BCUT2D eigenvalue weighted by molar-refractivity contribution is 5.37. The maximum absolute atomic E-state index is 13.1. The number of nitrogens with zero attached hydrogens (tertiary/aromatic N) is 1. The van der Waals surface area contributed by atoms with Crippen molar-refractivity contribution in [2.45, 2.75) is 26.0 Å². The predicted octanol–water partition coefficient (Wildman–Crippen LogP) is 1.77. The van der Waals surface area contributed by atoms with E-state index in [4.69, 9.17) is 0 Å². The van der Waals surface area contributed by atoms with E-state index >= 15 is 0 Å². The average Bonchev–Trinajstić information content (AvgIpc) is 2.26. The zero-order valence-electron chi connectivity index (χ0n) is 9.68. The first-order valence-corrected chi connectivity index (χ1v) is 5.27. The maximum Gasteiger partial charge on any atom is 0.305 e. The van der Waals surface area contributed by atoms with E-state index in [1.165, 1.54) is 6.07 Å². The van der Waals surface area contributed by atoms with Gasteiger partial charge in [-0.15, -0.1) is 0 Å². The standard InChI is InChI=1S/C11H15FN2O3/c1-7(2)13-6-11(15)8-3-4-9(12)10(5-8)14(16)17/h3-5,7,11,13,15H,6H2,1-2H3. The van der Waals surface area contributed by atoms with E-state index in [0.717, 1.165) is 12.1 Å². The van der Waals surface area contributed by atoms with E-state index in [2.05, 4.69) is 5.32 Å². The molecule has 0 amide bonds. The van der Waals surface area contributed by atoms with Crippen molar-refractivity contribution in [2.24, 2.45) is 0 Å². The molecule has 0 saturated carbocycles. The third kappa shape index (κ3) is 3.76. The summed E-state index contributed by atoms with van der Waals surface area (Å²) in [6.45, 7) is 4.10. The molecule has 0 aliphatic rings. The van der Waals surface area contributed by atoms with Gasteiger partial charge in [-0.25, -0.2) is 0 Å². The molecule has 0 aromatic heterocycles. The fourth-order valence-corrected chi connectivity index (χ4v) is 1.34. The van der Waals surface area contributed by atoms with E-state index in [1.54, 1.807) is 0 Å². The number of nitrogens with one attached hydrogen (secondary N) is 1. The van der Waals surface area contributed by atoms with Crippen molar-refractivity contribution in [2.75, 3.05) is 6.54 Å². The van der Waals surface area contributed by atoms with Gasteiger partial charge in [-0.2, -0.15) is 4.39 Å². The maximum atomic E-state index is 13.1. The van der Waals surface area contributed by atoms with Crippen LogP contribution in [0.2, 0.25) is 0 Å². The number of hydrogen-bond donors (Lipinski definition) is 2. The Labute approximate surface area is 98.4 Å². The fraction of sp³-hybridized carbons (Fsp3) is 0.455. The van der Waals surface area contributed by atoms with Crippen LogP contribution in [0, 0.1) is 15.9 Å². The molecule has 1 rings (SSSR count). The Morgan fingerprint density at radius 1 is 1.53 bits per heavy atom. The molecule has 0 aliphatic heterocycles. The van der Waals surface area contributed by atoms with Crippen LogP contribution in [-0.4, -0.2) is 22.6 Å². The number of nitro benzene ring substituents is 1. The summed E-state index contributed by atoms with van der Waals surface area (Å²) >= 11 is 0. The summed E-state index contributed by atoms with van der Waals surface area (Å²) in [5.41, 5.74) is -0.294. The molecule has 17 heavy (non-hydrogen) atoms. The van der Waals surface area contributed by atoms with Gasteiger partial charge >= 0.3 is 5.69 Å². The first kappa shape index (κ1) is 13.5. The van der Waals surface area contributed by atoms with Crippen LogP contribution in [0.5, 0.6) is 0 Å². The summed E-state index contributed by atoms with van der Waals surface area (Å²) in [5.74, 6) is -0.900. The van der Waals surface area contributed by atoms with Gasteiger partial charge in [0.05, 0.1) is 11.0 Å². The highest BCUT2D eigenvalue weighted by Crippen LogP contribution is 2.22. The SMILES string of the molecule is CC(C)NCC(O)c1ccc(F)c([N+](=O)[O-])c1. The van der Waals surface area contributed by atoms with Crippen molar-refractivity contribution in [3.8, 4) is 0 Å². The van der Waals surface area contributed by atoms with Gasteiger partial charge < -0.3 is 10.4 Å². The van der Waals surface area contributed by atoms with Gasteiger partial charge in [-0.3, -0.25) is 10.1 Å². The molecule has 1 aromatic rings. The van der Waals surface area contributed by atoms with Gasteiger partial charge in [0.2, 0.25) is 5.82 Å². The molecule has 1 aromatic carbocycles. The average molecular weight is 242 g/mol. The minimum absolute atomic E-state index is 0.195. The predicted molar refractivity (Wildman–Crippen MR) is 61.2 cm³/mol. The van der Waals surface area contributed by atoms with E-state index in [1.807, 2.05) is 13.8 Å². The topological polar surface area (TPSA) is 75.4 Å². The molecule has 5 nitrogen and oxygen atoms in total. The molecule has 1 unspecified atom stereocenters. The molecule has 0 heterocycles.